The van der Waals surface area contributed by atoms with Crippen LogP contribution in [0.15, 0.2) is 0 Å². The van der Waals surface area contributed by atoms with Crippen molar-refractivity contribution in [1.82, 2.24) is 9.80 Å². The Morgan fingerprint density at radius 1 is 1.69 bits per heavy atom. The van der Waals surface area contributed by atoms with Crippen molar-refractivity contribution in [2.45, 2.75) is 31.3 Å². The molecule has 0 aromatic carbocycles. The van der Waals surface area contributed by atoms with Crippen LogP contribution in [0.4, 0.5) is 0 Å². The van der Waals surface area contributed by atoms with E-state index in [-0.39, 0.29) is 0 Å². The van der Waals surface area contributed by atoms with Gasteiger partial charge in [0.1, 0.15) is 6.04 Å². The third-order valence-corrected chi connectivity index (χ3v) is 3.39. The lowest BCUT2D eigenvalue weighted by atomic mass is 10.0. The van der Waals surface area contributed by atoms with Crippen LogP contribution < -0.4 is 5.73 Å². The van der Waals surface area contributed by atoms with E-state index < -0.39 is 12.0 Å². The van der Waals surface area contributed by atoms with Crippen LogP contribution in [-0.2, 0) is 4.79 Å². The molecule has 1 heterocycles. The highest BCUT2D eigenvalue weighted by atomic mass is 16.4. The van der Waals surface area contributed by atoms with E-state index in [1.807, 2.05) is 11.9 Å². The first-order chi connectivity index (χ1) is 7.56. The van der Waals surface area contributed by atoms with Gasteiger partial charge in [-0.2, -0.15) is 0 Å². The number of nitrogens with two attached hydrogens (primary N) is 1. The molecular formula is C11H23N3O2. The van der Waals surface area contributed by atoms with Crippen molar-refractivity contribution in [2.24, 2.45) is 5.73 Å². The molecule has 1 aliphatic heterocycles. The van der Waals surface area contributed by atoms with Gasteiger partial charge in [-0.05, 0) is 46.4 Å². The number of carboxylic acids is 1. The second kappa shape index (κ2) is 6.18. The summed E-state index contributed by atoms with van der Waals surface area (Å²) >= 11 is 0. The minimum absolute atomic E-state index is 0.339. The zero-order valence-electron chi connectivity index (χ0n) is 10.2. The van der Waals surface area contributed by atoms with Gasteiger partial charge < -0.3 is 15.7 Å². The molecule has 5 heteroatoms. The quantitative estimate of drug-likeness (QED) is 0.684. The number of hydrogen-bond acceptors (Lipinski definition) is 4. The summed E-state index contributed by atoms with van der Waals surface area (Å²) in [4.78, 5) is 15.4. The van der Waals surface area contributed by atoms with E-state index in [0.717, 1.165) is 25.9 Å². The normalized spacial score (nSPS) is 24.6. The van der Waals surface area contributed by atoms with Crippen molar-refractivity contribution in [2.75, 3.05) is 33.7 Å². The van der Waals surface area contributed by atoms with Gasteiger partial charge in [0.15, 0.2) is 0 Å². The predicted octanol–water partition coefficient (Wildman–Crippen LogP) is -0.186. The summed E-state index contributed by atoms with van der Waals surface area (Å²) < 4.78 is 0. The zero-order chi connectivity index (χ0) is 12.1. The fourth-order valence-corrected chi connectivity index (χ4v) is 2.39. The van der Waals surface area contributed by atoms with Gasteiger partial charge in [0.25, 0.3) is 0 Å². The van der Waals surface area contributed by atoms with Crippen molar-refractivity contribution in [3.63, 3.8) is 0 Å². The van der Waals surface area contributed by atoms with E-state index >= 15 is 0 Å². The first kappa shape index (κ1) is 13.4. The van der Waals surface area contributed by atoms with Crippen molar-refractivity contribution in [1.29, 1.82) is 0 Å². The van der Waals surface area contributed by atoms with Gasteiger partial charge in [0, 0.05) is 12.6 Å². The SMILES string of the molecule is CN1CCCC(N(C)C(CCN)C(=O)O)C1. The summed E-state index contributed by atoms with van der Waals surface area (Å²) in [5, 5.41) is 9.16. The summed E-state index contributed by atoms with van der Waals surface area (Å²) in [6.45, 7) is 2.48. The van der Waals surface area contributed by atoms with Gasteiger partial charge in [-0.1, -0.05) is 0 Å². The van der Waals surface area contributed by atoms with Gasteiger partial charge in [-0.3, -0.25) is 9.69 Å². The van der Waals surface area contributed by atoms with Crippen LogP contribution in [0.5, 0.6) is 0 Å². The van der Waals surface area contributed by atoms with E-state index in [2.05, 4.69) is 11.9 Å². The summed E-state index contributed by atoms with van der Waals surface area (Å²) in [6, 6.07) is -0.104. The number of likely N-dealkylation sites (N-methyl/N-ethyl adjacent to an activating group) is 2. The number of likely N-dealkylation sites (tertiary alicyclic amines) is 1. The van der Waals surface area contributed by atoms with Gasteiger partial charge in [-0.15, -0.1) is 0 Å². The Bertz CT molecular complexity index is 235. The Morgan fingerprint density at radius 3 is 2.88 bits per heavy atom. The maximum Gasteiger partial charge on any atom is 0.320 e. The minimum atomic E-state index is -0.763. The van der Waals surface area contributed by atoms with Gasteiger partial charge in [-0.25, -0.2) is 0 Å². The fourth-order valence-electron chi connectivity index (χ4n) is 2.39. The third-order valence-electron chi connectivity index (χ3n) is 3.39. The number of rotatable bonds is 5. The lowest BCUT2D eigenvalue weighted by Crippen LogP contribution is -2.51. The molecule has 0 amide bonds. The van der Waals surface area contributed by atoms with Gasteiger partial charge in [0.05, 0.1) is 0 Å². The summed E-state index contributed by atoms with van der Waals surface area (Å²) in [7, 11) is 3.98. The van der Waals surface area contributed by atoms with E-state index in [4.69, 9.17) is 10.8 Å². The first-order valence-electron chi connectivity index (χ1n) is 5.89. The van der Waals surface area contributed by atoms with Crippen molar-refractivity contribution in [3.05, 3.63) is 0 Å². The molecule has 0 aliphatic carbocycles. The second-order valence-corrected chi connectivity index (χ2v) is 4.66. The molecule has 1 aliphatic rings. The average Bonchev–Trinajstić information content (AvgIpc) is 2.24. The van der Waals surface area contributed by atoms with Crippen LogP contribution in [0, 0.1) is 0 Å². The molecule has 1 rings (SSSR count). The molecule has 94 valence electrons. The van der Waals surface area contributed by atoms with Crippen molar-refractivity contribution in [3.8, 4) is 0 Å². The Labute approximate surface area is 97.2 Å². The molecule has 3 N–H and O–H groups in total. The molecule has 0 saturated carbocycles. The third kappa shape index (κ3) is 3.43. The number of piperidine rings is 1. The Hall–Kier alpha value is -0.650. The molecular weight excluding hydrogens is 206 g/mol. The van der Waals surface area contributed by atoms with Gasteiger partial charge in [0.2, 0.25) is 0 Å². The predicted molar refractivity (Wildman–Crippen MR) is 63.4 cm³/mol. The highest BCUT2D eigenvalue weighted by Gasteiger charge is 2.29. The highest BCUT2D eigenvalue weighted by molar-refractivity contribution is 5.73. The number of nitrogens with zero attached hydrogens (tertiary/aromatic N) is 2. The van der Waals surface area contributed by atoms with E-state index in [1.54, 1.807) is 0 Å². The van der Waals surface area contributed by atoms with E-state index in [9.17, 15) is 4.79 Å². The van der Waals surface area contributed by atoms with Crippen LogP contribution in [0.25, 0.3) is 0 Å². The maximum atomic E-state index is 11.1. The topological polar surface area (TPSA) is 69.8 Å². The number of hydrogen-bond donors (Lipinski definition) is 2. The molecule has 16 heavy (non-hydrogen) atoms. The Balaban J connectivity index is 2.58. The van der Waals surface area contributed by atoms with Crippen LogP contribution in [0.3, 0.4) is 0 Å². The van der Waals surface area contributed by atoms with Gasteiger partial charge >= 0.3 is 5.97 Å². The number of carboxylic acid groups (broad SMARTS) is 1. The summed E-state index contributed by atoms with van der Waals surface area (Å²) in [5.74, 6) is -0.763. The first-order valence-corrected chi connectivity index (χ1v) is 5.89. The monoisotopic (exact) mass is 229 g/mol. The standard InChI is InChI=1S/C11H23N3O2/c1-13-7-3-4-9(8-13)14(2)10(5-6-12)11(15)16/h9-10H,3-8,12H2,1-2H3,(H,15,16). The molecule has 1 fully saturated rings. The molecule has 0 aromatic heterocycles. The highest BCUT2D eigenvalue weighted by Crippen LogP contribution is 2.16. The van der Waals surface area contributed by atoms with Crippen LogP contribution >= 0.6 is 0 Å². The number of aliphatic carboxylic acids is 1. The van der Waals surface area contributed by atoms with Crippen LogP contribution in [0.1, 0.15) is 19.3 Å². The number of carbonyl (C=O) groups is 1. The lowest BCUT2D eigenvalue weighted by Gasteiger charge is -2.38. The molecule has 2 atom stereocenters. The molecule has 5 nitrogen and oxygen atoms in total. The molecule has 0 bridgehead atoms. The Morgan fingerprint density at radius 2 is 2.38 bits per heavy atom. The largest absolute Gasteiger partial charge is 0.480 e. The molecule has 1 saturated heterocycles. The zero-order valence-corrected chi connectivity index (χ0v) is 10.2. The second-order valence-electron chi connectivity index (χ2n) is 4.66. The fraction of sp³-hybridized carbons (Fsp3) is 0.909. The summed E-state index contributed by atoms with van der Waals surface area (Å²) in [5.41, 5.74) is 5.46. The Kier molecular flexibility index (Phi) is 5.18. The van der Waals surface area contributed by atoms with Crippen LogP contribution in [-0.4, -0.2) is 66.7 Å². The molecule has 0 aromatic rings. The van der Waals surface area contributed by atoms with Crippen molar-refractivity contribution >= 4 is 5.97 Å². The van der Waals surface area contributed by atoms with Crippen LogP contribution in [0.2, 0.25) is 0 Å². The molecule has 0 radical (unpaired) electrons. The minimum Gasteiger partial charge on any atom is -0.480 e. The smallest absolute Gasteiger partial charge is 0.320 e. The summed E-state index contributed by atoms with van der Waals surface area (Å²) in [6.07, 6.45) is 2.74. The van der Waals surface area contributed by atoms with E-state index in [0.29, 0.717) is 19.0 Å². The molecule has 0 spiro atoms. The van der Waals surface area contributed by atoms with E-state index in [1.165, 1.54) is 0 Å². The van der Waals surface area contributed by atoms with Crippen molar-refractivity contribution < 1.29 is 9.90 Å². The maximum absolute atomic E-state index is 11.1. The average molecular weight is 229 g/mol. The lowest BCUT2D eigenvalue weighted by molar-refractivity contribution is -0.144. The molecule has 2 unspecified atom stereocenters.